The molecule has 1 unspecified atom stereocenters. The summed E-state index contributed by atoms with van der Waals surface area (Å²) < 4.78 is 6.00. The molecule has 1 aromatic rings. The van der Waals surface area contributed by atoms with Crippen LogP contribution >= 0.6 is 15.9 Å². The molecular formula is C13H15BrO2. The molecule has 1 aliphatic carbocycles. The molecule has 0 aliphatic heterocycles. The van der Waals surface area contributed by atoms with Gasteiger partial charge in [0.2, 0.25) is 0 Å². The first-order valence-corrected chi connectivity index (χ1v) is 6.33. The SMILES string of the molecule is COCCCC1Cc2ccc(Br)cc2C1=O. The molecule has 0 saturated carbocycles. The zero-order valence-corrected chi connectivity index (χ0v) is 10.9. The van der Waals surface area contributed by atoms with Crippen molar-refractivity contribution in [2.45, 2.75) is 19.3 Å². The minimum Gasteiger partial charge on any atom is -0.385 e. The maximum absolute atomic E-state index is 12.1. The van der Waals surface area contributed by atoms with Crippen LogP contribution in [0.5, 0.6) is 0 Å². The van der Waals surface area contributed by atoms with E-state index in [9.17, 15) is 4.79 Å². The third kappa shape index (κ3) is 2.36. The summed E-state index contributed by atoms with van der Waals surface area (Å²) in [7, 11) is 1.70. The third-order valence-corrected chi connectivity index (χ3v) is 3.57. The zero-order valence-electron chi connectivity index (χ0n) is 9.33. The van der Waals surface area contributed by atoms with Crippen LogP contribution in [0.4, 0.5) is 0 Å². The van der Waals surface area contributed by atoms with E-state index in [4.69, 9.17) is 4.74 Å². The van der Waals surface area contributed by atoms with Crippen molar-refractivity contribution >= 4 is 21.7 Å². The molecule has 16 heavy (non-hydrogen) atoms. The predicted molar refractivity (Wildman–Crippen MR) is 66.8 cm³/mol. The Balaban J connectivity index is 2.06. The summed E-state index contributed by atoms with van der Waals surface area (Å²) in [5, 5.41) is 0. The highest BCUT2D eigenvalue weighted by molar-refractivity contribution is 9.10. The van der Waals surface area contributed by atoms with Gasteiger partial charge in [0.1, 0.15) is 0 Å². The molecule has 2 nitrogen and oxygen atoms in total. The van der Waals surface area contributed by atoms with Crippen LogP contribution in [-0.2, 0) is 11.2 Å². The average Bonchev–Trinajstić information content (AvgIpc) is 2.57. The second-order valence-corrected chi connectivity index (χ2v) is 5.12. The molecule has 0 saturated heterocycles. The molecule has 3 heteroatoms. The van der Waals surface area contributed by atoms with Gasteiger partial charge in [-0.15, -0.1) is 0 Å². The van der Waals surface area contributed by atoms with Crippen molar-refractivity contribution in [3.8, 4) is 0 Å². The maximum atomic E-state index is 12.1. The fourth-order valence-corrected chi connectivity index (χ4v) is 2.60. The number of hydrogen-bond donors (Lipinski definition) is 0. The van der Waals surface area contributed by atoms with Crippen molar-refractivity contribution < 1.29 is 9.53 Å². The van der Waals surface area contributed by atoms with E-state index in [1.54, 1.807) is 7.11 Å². The van der Waals surface area contributed by atoms with E-state index in [1.807, 2.05) is 18.2 Å². The van der Waals surface area contributed by atoms with Gasteiger partial charge in [0.15, 0.2) is 5.78 Å². The Morgan fingerprint density at radius 1 is 1.50 bits per heavy atom. The maximum Gasteiger partial charge on any atom is 0.166 e. The Morgan fingerprint density at radius 2 is 2.31 bits per heavy atom. The van der Waals surface area contributed by atoms with Gasteiger partial charge in [-0.3, -0.25) is 4.79 Å². The molecule has 86 valence electrons. The van der Waals surface area contributed by atoms with Crippen LogP contribution in [0.1, 0.15) is 28.8 Å². The molecule has 0 aromatic heterocycles. The molecule has 1 aromatic carbocycles. The number of ketones is 1. The first kappa shape index (κ1) is 11.8. The number of hydrogen-bond acceptors (Lipinski definition) is 2. The molecule has 0 radical (unpaired) electrons. The van der Waals surface area contributed by atoms with Crippen molar-refractivity contribution in [3.05, 3.63) is 33.8 Å². The summed E-state index contributed by atoms with van der Waals surface area (Å²) in [6.45, 7) is 0.740. The number of carbonyl (C=O) groups excluding carboxylic acids is 1. The van der Waals surface area contributed by atoms with E-state index in [2.05, 4.69) is 15.9 Å². The Bertz CT molecular complexity index is 401. The van der Waals surface area contributed by atoms with Crippen LogP contribution in [0.25, 0.3) is 0 Å². The molecule has 1 atom stereocenters. The second kappa shape index (κ2) is 5.11. The monoisotopic (exact) mass is 282 g/mol. The first-order chi connectivity index (χ1) is 7.72. The summed E-state index contributed by atoms with van der Waals surface area (Å²) in [5.74, 6) is 0.465. The quantitative estimate of drug-likeness (QED) is 0.793. The molecule has 2 rings (SSSR count). The summed E-state index contributed by atoms with van der Waals surface area (Å²) >= 11 is 3.40. The molecule has 0 fully saturated rings. The lowest BCUT2D eigenvalue weighted by Crippen LogP contribution is -2.09. The van der Waals surface area contributed by atoms with Crippen molar-refractivity contribution in [2.75, 3.05) is 13.7 Å². The van der Waals surface area contributed by atoms with E-state index < -0.39 is 0 Å². The normalized spacial score (nSPS) is 18.9. The van der Waals surface area contributed by atoms with Crippen LogP contribution in [0.2, 0.25) is 0 Å². The van der Waals surface area contributed by atoms with Crippen molar-refractivity contribution in [1.29, 1.82) is 0 Å². The Kier molecular flexibility index (Phi) is 3.77. The summed E-state index contributed by atoms with van der Waals surface area (Å²) in [6, 6.07) is 5.99. The number of benzene rings is 1. The van der Waals surface area contributed by atoms with Crippen LogP contribution in [-0.4, -0.2) is 19.5 Å². The van der Waals surface area contributed by atoms with E-state index in [1.165, 1.54) is 5.56 Å². The lowest BCUT2D eigenvalue weighted by molar-refractivity contribution is 0.0921. The molecule has 0 spiro atoms. The Labute approximate surface area is 104 Å². The van der Waals surface area contributed by atoms with Gasteiger partial charge in [-0.05, 0) is 37.0 Å². The summed E-state index contributed by atoms with van der Waals surface area (Å²) in [4.78, 5) is 12.1. The van der Waals surface area contributed by atoms with Crippen LogP contribution in [0.3, 0.4) is 0 Å². The van der Waals surface area contributed by atoms with Gasteiger partial charge in [-0.25, -0.2) is 0 Å². The lowest BCUT2D eigenvalue weighted by Gasteiger charge is -2.06. The van der Waals surface area contributed by atoms with Crippen LogP contribution < -0.4 is 0 Å². The molecule has 1 aliphatic rings. The third-order valence-electron chi connectivity index (χ3n) is 3.08. The fraction of sp³-hybridized carbons (Fsp3) is 0.462. The minimum absolute atomic E-state index is 0.166. The summed E-state index contributed by atoms with van der Waals surface area (Å²) in [6.07, 6.45) is 2.78. The highest BCUT2D eigenvalue weighted by atomic mass is 79.9. The predicted octanol–water partition coefficient (Wildman–Crippen LogP) is 3.23. The smallest absolute Gasteiger partial charge is 0.166 e. The number of Topliss-reactive ketones (excluding diaryl/α,β-unsaturated/α-hetero) is 1. The molecule has 0 N–H and O–H groups in total. The van der Waals surface area contributed by atoms with E-state index in [0.717, 1.165) is 35.9 Å². The molecule has 0 amide bonds. The van der Waals surface area contributed by atoms with Crippen LogP contribution in [0, 0.1) is 5.92 Å². The van der Waals surface area contributed by atoms with Gasteiger partial charge in [0.05, 0.1) is 0 Å². The molecular weight excluding hydrogens is 268 g/mol. The van der Waals surface area contributed by atoms with Gasteiger partial charge >= 0.3 is 0 Å². The summed E-state index contributed by atoms with van der Waals surface area (Å²) in [5.41, 5.74) is 2.09. The van der Waals surface area contributed by atoms with E-state index in [0.29, 0.717) is 5.78 Å². The lowest BCUT2D eigenvalue weighted by atomic mass is 9.99. The minimum atomic E-state index is 0.166. The Morgan fingerprint density at radius 3 is 3.06 bits per heavy atom. The average molecular weight is 283 g/mol. The highest BCUT2D eigenvalue weighted by Crippen LogP contribution is 2.31. The number of ether oxygens (including phenoxy) is 1. The van der Waals surface area contributed by atoms with Gasteiger partial charge in [-0.1, -0.05) is 22.0 Å². The number of fused-ring (bicyclic) bond motifs is 1. The Hall–Kier alpha value is -0.670. The second-order valence-electron chi connectivity index (χ2n) is 4.20. The molecule has 0 bridgehead atoms. The number of carbonyl (C=O) groups is 1. The van der Waals surface area contributed by atoms with Gasteiger partial charge in [0.25, 0.3) is 0 Å². The highest BCUT2D eigenvalue weighted by Gasteiger charge is 2.29. The fourth-order valence-electron chi connectivity index (χ4n) is 2.24. The van der Waals surface area contributed by atoms with Crippen LogP contribution in [0.15, 0.2) is 22.7 Å². The number of halogens is 1. The molecule has 0 heterocycles. The van der Waals surface area contributed by atoms with E-state index >= 15 is 0 Å². The van der Waals surface area contributed by atoms with E-state index in [-0.39, 0.29) is 5.92 Å². The van der Waals surface area contributed by atoms with Crippen molar-refractivity contribution in [1.82, 2.24) is 0 Å². The zero-order chi connectivity index (χ0) is 11.5. The van der Waals surface area contributed by atoms with Gasteiger partial charge in [0, 0.05) is 29.7 Å². The van der Waals surface area contributed by atoms with Crippen molar-refractivity contribution in [2.24, 2.45) is 5.92 Å². The number of rotatable bonds is 4. The largest absolute Gasteiger partial charge is 0.385 e. The van der Waals surface area contributed by atoms with Gasteiger partial charge in [-0.2, -0.15) is 0 Å². The first-order valence-electron chi connectivity index (χ1n) is 5.54. The topological polar surface area (TPSA) is 26.3 Å². The number of methoxy groups -OCH3 is 1. The standard InChI is InChI=1S/C13H15BrO2/c1-16-6-2-3-10-7-9-4-5-11(14)8-12(9)13(10)15/h4-5,8,10H,2-3,6-7H2,1H3. The van der Waals surface area contributed by atoms with Gasteiger partial charge < -0.3 is 4.74 Å². The van der Waals surface area contributed by atoms with Crippen molar-refractivity contribution in [3.63, 3.8) is 0 Å².